The molecule has 0 spiro atoms. The van der Waals surface area contributed by atoms with E-state index >= 15 is 0 Å². The number of aromatic nitrogens is 1. The number of hydrogen-bond donors (Lipinski definition) is 3. The van der Waals surface area contributed by atoms with Gasteiger partial charge in [0.2, 0.25) is 0 Å². The van der Waals surface area contributed by atoms with Gasteiger partial charge >= 0.3 is 5.97 Å². The van der Waals surface area contributed by atoms with E-state index in [0.717, 1.165) is 10.9 Å². The summed E-state index contributed by atoms with van der Waals surface area (Å²) < 4.78 is 0. The van der Waals surface area contributed by atoms with Crippen molar-refractivity contribution in [1.82, 2.24) is 4.98 Å². The molecular formula is C20H18N4O2. The number of pyridine rings is 1. The third-order valence-corrected chi connectivity index (χ3v) is 3.90. The number of benzene rings is 2. The monoisotopic (exact) mass is 346 g/mol. The van der Waals surface area contributed by atoms with Crippen LogP contribution in [-0.4, -0.2) is 34.2 Å². The minimum absolute atomic E-state index is 0.105. The number of carbonyl (C=O) groups is 1. The van der Waals surface area contributed by atoms with Crippen LogP contribution in [0.25, 0.3) is 10.9 Å². The predicted molar refractivity (Wildman–Crippen MR) is 104 cm³/mol. The standard InChI is InChI=1S/C20H18N4O2/c1-13(15-7-3-4-8-16(15)20(25)26)22-12-18(21)24-19-11-10-14-6-2-5-9-17(14)23-19/h2-11H,12H2,1H3,(H,25,26)(H2,21,23,24)/b22-13+. The van der Waals surface area contributed by atoms with Crippen molar-refractivity contribution in [2.75, 3.05) is 11.9 Å². The van der Waals surface area contributed by atoms with Crippen molar-refractivity contribution in [2.24, 2.45) is 4.99 Å². The summed E-state index contributed by atoms with van der Waals surface area (Å²) in [6.45, 7) is 1.84. The zero-order valence-electron chi connectivity index (χ0n) is 14.2. The molecule has 0 aliphatic carbocycles. The second kappa shape index (κ2) is 7.57. The Bertz CT molecular complexity index is 1010. The van der Waals surface area contributed by atoms with E-state index in [1.54, 1.807) is 31.2 Å². The van der Waals surface area contributed by atoms with Gasteiger partial charge in [-0.3, -0.25) is 10.4 Å². The number of amidine groups is 1. The summed E-state index contributed by atoms with van der Waals surface area (Å²) in [5, 5.41) is 21.3. The zero-order valence-corrected chi connectivity index (χ0v) is 14.2. The molecule has 0 aliphatic heterocycles. The molecule has 3 aromatic rings. The minimum Gasteiger partial charge on any atom is -0.478 e. The smallest absolute Gasteiger partial charge is 0.336 e. The van der Waals surface area contributed by atoms with Crippen LogP contribution in [0.3, 0.4) is 0 Å². The molecule has 0 unspecified atom stereocenters. The first kappa shape index (κ1) is 17.3. The quantitative estimate of drug-likeness (QED) is 0.483. The molecule has 130 valence electrons. The van der Waals surface area contributed by atoms with Gasteiger partial charge in [0.15, 0.2) is 0 Å². The van der Waals surface area contributed by atoms with Gasteiger partial charge in [-0.2, -0.15) is 0 Å². The molecule has 0 atom stereocenters. The molecule has 26 heavy (non-hydrogen) atoms. The highest BCUT2D eigenvalue weighted by Gasteiger charge is 2.11. The molecule has 0 saturated heterocycles. The maximum Gasteiger partial charge on any atom is 0.336 e. The van der Waals surface area contributed by atoms with Crippen LogP contribution < -0.4 is 5.32 Å². The number of para-hydroxylation sites is 1. The number of fused-ring (bicyclic) bond motifs is 1. The molecule has 0 radical (unpaired) electrons. The number of aliphatic imine (C=N–C) groups is 1. The molecule has 1 heterocycles. The summed E-state index contributed by atoms with van der Waals surface area (Å²) >= 11 is 0. The van der Waals surface area contributed by atoms with Crippen molar-refractivity contribution in [1.29, 1.82) is 5.41 Å². The van der Waals surface area contributed by atoms with E-state index in [0.29, 0.717) is 17.1 Å². The fourth-order valence-electron chi connectivity index (χ4n) is 2.60. The Morgan fingerprint density at radius 3 is 2.54 bits per heavy atom. The number of anilines is 1. The van der Waals surface area contributed by atoms with Crippen molar-refractivity contribution in [3.05, 3.63) is 71.8 Å². The highest BCUT2D eigenvalue weighted by atomic mass is 16.4. The molecule has 3 N–H and O–H groups in total. The number of rotatable bonds is 5. The molecule has 6 nitrogen and oxygen atoms in total. The number of aromatic carboxylic acids is 1. The molecule has 2 aromatic carbocycles. The third-order valence-electron chi connectivity index (χ3n) is 3.90. The predicted octanol–water partition coefficient (Wildman–Crippen LogP) is 3.83. The van der Waals surface area contributed by atoms with Gasteiger partial charge in [-0.25, -0.2) is 9.78 Å². The number of hydrogen-bond acceptors (Lipinski definition) is 4. The van der Waals surface area contributed by atoms with E-state index in [1.807, 2.05) is 36.4 Å². The summed E-state index contributed by atoms with van der Waals surface area (Å²) in [7, 11) is 0. The fraction of sp³-hybridized carbons (Fsp3) is 0.100. The van der Waals surface area contributed by atoms with Gasteiger partial charge in [0.25, 0.3) is 0 Å². The maximum atomic E-state index is 11.3. The zero-order chi connectivity index (χ0) is 18.5. The van der Waals surface area contributed by atoms with E-state index in [-0.39, 0.29) is 17.9 Å². The van der Waals surface area contributed by atoms with Crippen LogP contribution in [0.5, 0.6) is 0 Å². The van der Waals surface area contributed by atoms with Gasteiger partial charge in [0.1, 0.15) is 11.7 Å². The van der Waals surface area contributed by atoms with Gasteiger partial charge in [-0.05, 0) is 31.2 Å². The lowest BCUT2D eigenvalue weighted by molar-refractivity contribution is 0.0696. The van der Waals surface area contributed by atoms with E-state index in [2.05, 4.69) is 15.3 Å². The lowest BCUT2D eigenvalue weighted by Crippen LogP contribution is -2.16. The first-order valence-corrected chi connectivity index (χ1v) is 8.08. The molecule has 0 saturated carbocycles. The second-order valence-corrected chi connectivity index (χ2v) is 5.75. The van der Waals surface area contributed by atoms with Crippen molar-refractivity contribution in [2.45, 2.75) is 6.92 Å². The fourth-order valence-corrected chi connectivity index (χ4v) is 2.60. The number of nitrogens with one attached hydrogen (secondary N) is 2. The summed E-state index contributed by atoms with van der Waals surface area (Å²) in [6.07, 6.45) is 0. The van der Waals surface area contributed by atoms with Crippen molar-refractivity contribution < 1.29 is 9.90 Å². The van der Waals surface area contributed by atoms with Gasteiger partial charge in [-0.1, -0.05) is 36.4 Å². The lowest BCUT2D eigenvalue weighted by Gasteiger charge is -2.08. The summed E-state index contributed by atoms with van der Waals surface area (Å²) in [5.74, 6) is -0.240. The van der Waals surface area contributed by atoms with Crippen molar-refractivity contribution in [3.63, 3.8) is 0 Å². The second-order valence-electron chi connectivity index (χ2n) is 5.75. The Balaban J connectivity index is 1.71. The Hall–Kier alpha value is -3.54. The van der Waals surface area contributed by atoms with Gasteiger partial charge < -0.3 is 10.4 Å². The molecule has 0 bridgehead atoms. The maximum absolute atomic E-state index is 11.3. The normalized spacial score (nSPS) is 11.3. The van der Waals surface area contributed by atoms with Gasteiger partial charge in [0.05, 0.1) is 17.6 Å². The molecular weight excluding hydrogens is 328 g/mol. The van der Waals surface area contributed by atoms with Gasteiger partial charge in [-0.15, -0.1) is 0 Å². The van der Waals surface area contributed by atoms with E-state index in [9.17, 15) is 9.90 Å². The van der Waals surface area contributed by atoms with Gasteiger partial charge in [0, 0.05) is 16.7 Å². The number of carboxylic acids is 1. The average molecular weight is 346 g/mol. The first-order chi connectivity index (χ1) is 12.5. The van der Waals surface area contributed by atoms with Crippen LogP contribution >= 0.6 is 0 Å². The Labute approximate surface area is 150 Å². The minimum atomic E-state index is -0.997. The largest absolute Gasteiger partial charge is 0.478 e. The highest BCUT2D eigenvalue weighted by molar-refractivity contribution is 6.08. The Morgan fingerprint density at radius 1 is 1.08 bits per heavy atom. The van der Waals surface area contributed by atoms with Crippen LogP contribution in [0.4, 0.5) is 5.82 Å². The van der Waals surface area contributed by atoms with Crippen LogP contribution in [0.2, 0.25) is 0 Å². The van der Waals surface area contributed by atoms with Crippen molar-refractivity contribution >= 4 is 34.2 Å². The molecule has 1 aromatic heterocycles. The van der Waals surface area contributed by atoms with Crippen LogP contribution in [0, 0.1) is 5.41 Å². The van der Waals surface area contributed by atoms with E-state index in [4.69, 9.17) is 5.41 Å². The Morgan fingerprint density at radius 2 is 1.77 bits per heavy atom. The lowest BCUT2D eigenvalue weighted by atomic mass is 10.0. The Kier molecular flexibility index (Phi) is 5.03. The summed E-state index contributed by atoms with van der Waals surface area (Å²) in [6, 6.07) is 18.2. The molecule has 0 amide bonds. The third kappa shape index (κ3) is 3.92. The molecule has 6 heteroatoms. The van der Waals surface area contributed by atoms with Crippen molar-refractivity contribution in [3.8, 4) is 0 Å². The number of carboxylic acid groups (broad SMARTS) is 1. The summed E-state index contributed by atoms with van der Waals surface area (Å²) in [5.41, 5.74) is 2.17. The van der Waals surface area contributed by atoms with Crippen LogP contribution in [0.1, 0.15) is 22.8 Å². The first-order valence-electron chi connectivity index (χ1n) is 8.08. The average Bonchev–Trinajstić information content (AvgIpc) is 2.66. The SMILES string of the molecule is C/C(=N\CC(=N)Nc1ccc2ccccc2n1)c1ccccc1C(=O)O. The van der Waals surface area contributed by atoms with E-state index in [1.165, 1.54) is 0 Å². The molecule has 0 fully saturated rings. The van der Waals surface area contributed by atoms with Crippen LogP contribution in [-0.2, 0) is 0 Å². The molecule has 0 aliphatic rings. The topological polar surface area (TPSA) is 98.4 Å². The van der Waals surface area contributed by atoms with Crippen LogP contribution in [0.15, 0.2) is 65.7 Å². The summed E-state index contributed by atoms with van der Waals surface area (Å²) in [4.78, 5) is 20.1. The number of nitrogens with zero attached hydrogens (tertiary/aromatic N) is 2. The highest BCUT2D eigenvalue weighted by Crippen LogP contribution is 2.14. The van der Waals surface area contributed by atoms with E-state index < -0.39 is 5.97 Å². The molecule has 3 rings (SSSR count).